The third kappa shape index (κ3) is 10.4. The summed E-state index contributed by atoms with van der Waals surface area (Å²) >= 11 is 0. The molecular weight excluding hydrogens is 770 g/mol. The molecule has 3 fully saturated rings. The van der Waals surface area contributed by atoms with Crippen molar-refractivity contribution in [2.45, 2.75) is 99.7 Å². The Morgan fingerprint density at radius 2 is 1.38 bits per heavy atom. The van der Waals surface area contributed by atoms with Gasteiger partial charge in [0.15, 0.2) is 18.8 Å². The molecule has 0 aromatic carbocycles. The fourth-order valence-corrected chi connectivity index (χ4v) is 7.81. The van der Waals surface area contributed by atoms with Crippen molar-refractivity contribution in [3.05, 3.63) is 33.1 Å². The van der Waals surface area contributed by atoms with E-state index in [1.165, 1.54) is 0 Å². The molecule has 12 N–H and O–H groups in total. The van der Waals surface area contributed by atoms with Gasteiger partial charge in [0.05, 0.1) is 19.8 Å². The van der Waals surface area contributed by atoms with Crippen LogP contribution in [0.5, 0.6) is 0 Å². The van der Waals surface area contributed by atoms with Crippen molar-refractivity contribution in [2.75, 3.05) is 19.8 Å². The number of ether oxygens (including phenoxy) is 4. The van der Waals surface area contributed by atoms with E-state index >= 15 is 0 Å². The number of rotatable bonds is 14. The first-order valence-corrected chi connectivity index (χ1v) is 18.5. The number of aliphatic hydroxyl groups excluding tert-OH is 7. The first kappa shape index (κ1) is 43.2. The molecule has 3 saturated heterocycles. The quantitative estimate of drug-likeness (QED) is 0.0777. The van der Waals surface area contributed by atoms with E-state index in [9.17, 15) is 73.8 Å². The Balaban J connectivity index is 1.51. The number of carbonyl (C=O) groups excluding carboxylic acids is 2. The highest BCUT2D eigenvalue weighted by atomic mass is 31.3. The van der Waals surface area contributed by atoms with Gasteiger partial charge in [0, 0.05) is 26.1 Å². The van der Waals surface area contributed by atoms with Gasteiger partial charge in [-0.05, 0) is 0 Å². The van der Waals surface area contributed by atoms with Crippen LogP contribution in [0, 0.1) is 0 Å². The molecule has 302 valence electrons. The minimum absolute atomic E-state index is 0.695. The number of hydrogen-bond acceptors (Lipinski definition) is 20. The Bertz CT molecular complexity index is 1660. The van der Waals surface area contributed by atoms with E-state index in [0.29, 0.717) is 4.57 Å². The van der Waals surface area contributed by atoms with Gasteiger partial charge in [-0.2, -0.15) is 4.31 Å². The van der Waals surface area contributed by atoms with Gasteiger partial charge in [-0.15, -0.1) is 0 Å². The summed E-state index contributed by atoms with van der Waals surface area (Å²) in [6.07, 6.45) is -20.9. The molecule has 28 heteroatoms. The van der Waals surface area contributed by atoms with Gasteiger partial charge in [0.1, 0.15) is 67.0 Å². The van der Waals surface area contributed by atoms with Crippen LogP contribution in [0.2, 0.25) is 0 Å². The van der Waals surface area contributed by atoms with E-state index in [0.717, 1.165) is 26.1 Å². The molecule has 0 radical (unpaired) electrons. The van der Waals surface area contributed by atoms with Crippen LogP contribution in [0.3, 0.4) is 0 Å². The number of H-pyrrole nitrogens is 1. The summed E-state index contributed by atoms with van der Waals surface area (Å²) in [5, 5.41) is 76.7. The summed E-state index contributed by atoms with van der Waals surface area (Å²) in [5.41, 5.74) is -1.83. The van der Waals surface area contributed by atoms with Gasteiger partial charge < -0.3 is 75.1 Å². The molecule has 3 aliphatic rings. The lowest BCUT2D eigenvalue weighted by Gasteiger charge is -2.48. The Morgan fingerprint density at radius 1 is 0.811 bits per heavy atom. The van der Waals surface area contributed by atoms with Crippen molar-refractivity contribution in [1.29, 1.82) is 0 Å². The largest absolute Gasteiger partial charge is 0.483 e. The molecule has 0 bridgehead atoms. The minimum Gasteiger partial charge on any atom is -0.394 e. The average molecular weight is 811 g/mol. The number of carbonyl (C=O) groups is 2. The second kappa shape index (κ2) is 17.5. The Morgan fingerprint density at radius 3 is 1.96 bits per heavy atom. The number of nitrogens with zero attached hydrogens (tertiary/aromatic N) is 1. The molecule has 0 saturated carbocycles. The van der Waals surface area contributed by atoms with E-state index in [1.54, 1.807) is 0 Å². The predicted octanol–water partition coefficient (Wildman–Crippen LogP) is -6.68. The zero-order valence-electron chi connectivity index (χ0n) is 27.5. The van der Waals surface area contributed by atoms with E-state index < -0.39 is 144 Å². The number of hydrogen-bond donors (Lipinski definition) is 12. The molecule has 2 amide bonds. The summed E-state index contributed by atoms with van der Waals surface area (Å²) < 4.78 is 62.2. The van der Waals surface area contributed by atoms with Gasteiger partial charge in [0.25, 0.3) is 5.56 Å². The normalized spacial score (nSPS) is 38.4. The topological polar surface area (TPSA) is 394 Å². The summed E-state index contributed by atoms with van der Waals surface area (Å²) in [7, 11) is -11.6. The van der Waals surface area contributed by atoms with Crippen molar-refractivity contribution in [1.82, 2.24) is 20.2 Å². The molecule has 4 rings (SSSR count). The van der Waals surface area contributed by atoms with Crippen molar-refractivity contribution in [3.63, 3.8) is 0 Å². The van der Waals surface area contributed by atoms with Gasteiger partial charge in [-0.25, -0.2) is 13.9 Å². The zero-order valence-corrected chi connectivity index (χ0v) is 29.3. The summed E-state index contributed by atoms with van der Waals surface area (Å²) in [6.45, 7) is -1.06. The van der Waals surface area contributed by atoms with Crippen LogP contribution >= 0.6 is 15.6 Å². The number of phosphoric acid groups is 2. The molecule has 16 atom stereocenters. The van der Waals surface area contributed by atoms with E-state index in [-0.39, 0.29) is 0 Å². The van der Waals surface area contributed by atoms with Crippen molar-refractivity contribution >= 4 is 27.5 Å². The number of aliphatic hydroxyl groups is 7. The molecule has 0 aliphatic carbocycles. The van der Waals surface area contributed by atoms with Crippen molar-refractivity contribution < 1.29 is 96.6 Å². The monoisotopic (exact) mass is 810 g/mol. The first-order chi connectivity index (χ1) is 24.7. The van der Waals surface area contributed by atoms with Crippen LogP contribution in [0.25, 0.3) is 0 Å². The molecule has 53 heavy (non-hydrogen) atoms. The highest BCUT2D eigenvalue weighted by Crippen LogP contribution is 2.61. The molecule has 4 heterocycles. The molecule has 1 aromatic heterocycles. The van der Waals surface area contributed by atoms with E-state index in [4.69, 9.17) is 23.5 Å². The molecule has 0 spiro atoms. The maximum atomic E-state index is 13.0. The fourth-order valence-electron chi connectivity index (χ4n) is 5.65. The fraction of sp³-hybridized carbons (Fsp3) is 0.760. The Labute approximate surface area is 297 Å². The molecule has 26 nitrogen and oxygen atoms in total. The van der Waals surface area contributed by atoms with Crippen LogP contribution in [-0.2, 0) is 51.0 Å². The third-order valence-electron chi connectivity index (χ3n) is 8.07. The minimum atomic E-state index is -5.87. The predicted molar refractivity (Wildman–Crippen MR) is 165 cm³/mol. The van der Waals surface area contributed by atoms with Gasteiger partial charge >= 0.3 is 21.3 Å². The molecule has 2 unspecified atom stereocenters. The lowest BCUT2D eigenvalue weighted by atomic mass is 9.94. The van der Waals surface area contributed by atoms with Gasteiger partial charge in [-0.3, -0.25) is 33.0 Å². The standard InChI is InChI=1S/C25H40N4O22P2/c1-8(32)26-14-19(38)16(35)10(5-30)47-23(14)49-21-15(27-9(2)33)24(48-11(6-31)18(21)37)50-53(43,44)51-52(41,42)45-7-12-17(36)20(39)22(46-12)29-4-3-13(34)28-25(29)40/h3-4,10-12,14-24,30-31,35-39H,5-7H2,1-2H3,(H,26,32)(H,27,33)(H,41,42)(H,43,44)(H,28,34,40)/t10-,11-,12-,14-,15-,16-,17-,18-,19-,20-,21-,22-,23+,24-/m1/s1. The smallest absolute Gasteiger partial charge is 0.394 e. The average Bonchev–Trinajstić information content (AvgIpc) is 3.33. The lowest BCUT2D eigenvalue weighted by Crippen LogP contribution is -2.69. The Hall–Kier alpha value is -2.56. The molecule has 3 aliphatic heterocycles. The molecular formula is C25H40N4O22P2. The number of amides is 2. The summed E-state index contributed by atoms with van der Waals surface area (Å²) in [4.78, 5) is 70.1. The van der Waals surface area contributed by atoms with Crippen LogP contribution in [0.15, 0.2) is 21.9 Å². The molecule has 1 aromatic rings. The number of phosphoric ester groups is 2. The summed E-state index contributed by atoms with van der Waals surface area (Å²) in [5.74, 6) is -1.67. The van der Waals surface area contributed by atoms with Crippen LogP contribution in [-0.4, -0.2) is 166 Å². The van der Waals surface area contributed by atoms with Crippen LogP contribution < -0.4 is 21.9 Å². The first-order valence-electron chi connectivity index (χ1n) is 15.5. The van der Waals surface area contributed by atoms with E-state index in [2.05, 4.69) is 19.5 Å². The van der Waals surface area contributed by atoms with Crippen molar-refractivity contribution in [2.24, 2.45) is 0 Å². The second-order valence-corrected chi connectivity index (χ2v) is 15.0. The number of nitrogens with one attached hydrogen (secondary N) is 3. The number of aromatic amines is 1. The maximum Gasteiger partial charge on any atom is 0.483 e. The highest BCUT2D eigenvalue weighted by Gasteiger charge is 2.54. The van der Waals surface area contributed by atoms with Gasteiger partial charge in [-0.1, -0.05) is 0 Å². The zero-order chi connectivity index (χ0) is 39.6. The Kier molecular flexibility index (Phi) is 14.2. The van der Waals surface area contributed by atoms with E-state index in [1.807, 2.05) is 4.98 Å². The second-order valence-electron chi connectivity index (χ2n) is 12.0. The SMILES string of the molecule is CC(=O)N[C@H]1[C@H](O[C@H]2[C@H](O)[C@@H](CO)O[C@H](OP(=O)(O)OP(=O)(O)OC[C@H]3O[C@@H](n4ccc(=O)[nH]c4=O)[C@H](O)[C@@H]3O)[C@@H]2NC(C)=O)O[C@H](CO)[C@@H](O)[C@@H]1O. The lowest BCUT2D eigenvalue weighted by molar-refractivity contribution is -0.321. The van der Waals surface area contributed by atoms with Crippen LogP contribution in [0.1, 0.15) is 20.1 Å². The van der Waals surface area contributed by atoms with Gasteiger partial charge in [0.2, 0.25) is 11.8 Å². The number of aromatic nitrogens is 2. The summed E-state index contributed by atoms with van der Waals surface area (Å²) in [6, 6.07) is -2.57. The highest BCUT2D eigenvalue weighted by molar-refractivity contribution is 7.61. The van der Waals surface area contributed by atoms with Crippen molar-refractivity contribution in [3.8, 4) is 0 Å². The maximum absolute atomic E-state index is 13.0. The van der Waals surface area contributed by atoms with Crippen LogP contribution in [0.4, 0.5) is 0 Å². The third-order valence-corrected chi connectivity index (χ3v) is 10.7.